The van der Waals surface area contributed by atoms with Crippen LogP contribution in [0.2, 0.25) is 0 Å². The van der Waals surface area contributed by atoms with Crippen LogP contribution in [-0.2, 0) is 0 Å². The van der Waals surface area contributed by atoms with E-state index < -0.39 is 11.8 Å². The third-order valence-electron chi connectivity index (χ3n) is 2.49. The summed E-state index contributed by atoms with van der Waals surface area (Å²) in [6.45, 7) is 6.64. The van der Waals surface area contributed by atoms with Crippen molar-refractivity contribution in [2.45, 2.75) is 39.5 Å². The highest BCUT2D eigenvalue weighted by Gasteiger charge is 2.42. The lowest BCUT2D eigenvalue weighted by atomic mass is 9.79. The van der Waals surface area contributed by atoms with Gasteiger partial charge in [-0.3, -0.25) is 0 Å². The molecule has 1 unspecified atom stereocenters. The van der Waals surface area contributed by atoms with Crippen LogP contribution in [0.25, 0.3) is 0 Å². The van der Waals surface area contributed by atoms with Crippen LogP contribution in [0.1, 0.15) is 33.6 Å². The number of halogens is 2. The molecule has 1 saturated heterocycles. The molecule has 0 aromatic carbocycles. The zero-order chi connectivity index (χ0) is 10.1. The lowest BCUT2D eigenvalue weighted by molar-refractivity contribution is -0.0853. The maximum Gasteiger partial charge on any atom is 0.263 e. The normalized spacial score (nSPS) is 28.8. The molecule has 1 aliphatic heterocycles. The molecular weight excluding hydrogens is 172 g/mol. The Bertz CT molecular complexity index is 172. The van der Waals surface area contributed by atoms with Gasteiger partial charge in [0.2, 0.25) is 0 Å². The molecule has 1 nitrogen and oxygen atoms in total. The van der Waals surface area contributed by atoms with E-state index in [9.17, 15) is 8.78 Å². The minimum Gasteiger partial charge on any atom is -0.311 e. The predicted octanol–water partition coefficient (Wildman–Crippen LogP) is 2.67. The number of piperidine rings is 1. The van der Waals surface area contributed by atoms with Crippen LogP contribution in [0.15, 0.2) is 0 Å². The van der Waals surface area contributed by atoms with Gasteiger partial charge in [-0.2, -0.15) is 0 Å². The van der Waals surface area contributed by atoms with Crippen molar-refractivity contribution < 1.29 is 8.78 Å². The second-order valence-corrected chi connectivity index (χ2v) is 5.19. The van der Waals surface area contributed by atoms with Gasteiger partial charge in [-0.05, 0) is 24.8 Å². The van der Waals surface area contributed by atoms with Crippen molar-refractivity contribution >= 4 is 0 Å². The minimum atomic E-state index is -2.51. The summed E-state index contributed by atoms with van der Waals surface area (Å²) < 4.78 is 26.7. The average Bonchev–Trinajstić information content (AvgIpc) is 1.91. The van der Waals surface area contributed by atoms with E-state index in [-0.39, 0.29) is 12.0 Å². The zero-order valence-corrected chi connectivity index (χ0v) is 8.66. The van der Waals surface area contributed by atoms with Crippen LogP contribution in [-0.4, -0.2) is 19.0 Å². The molecule has 1 atom stereocenters. The van der Waals surface area contributed by atoms with E-state index in [0.29, 0.717) is 12.8 Å². The monoisotopic (exact) mass is 191 g/mol. The summed E-state index contributed by atoms with van der Waals surface area (Å²) in [7, 11) is 0. The first-order valence-corrected chi connectivity index (χ1v) is 4.90. The van der Waals surface area contributed by atoms with E-state index >= 15 is 0 Å². The van der Waals surface area contributed by atoms with Crippen molar-refractivity contribution in [3.63, 3.8) is 0 Å². The summed E-state index contributed by atoms with van der Waals surface area (Å²) in [5.41, 5.74) is 0.00539. The standard InChI is InChI=1S/C10H19F2N/c1-9(2,3)6-8-4-5-13-7-10(8,11)12/h8,13H,4-7H2,1-3H3. The Morgan fingerprint density at radius 2 is 2.00 bits per heavy atom. The highest BCUT2D eigenvalue weighted by molar-refractivity contribution is 4.86. The molecular formula is C10H19F2N. The Kier molecular flexibility index (Phi) is 2.95. The molecule has 0 aromatic heterocycles. The largest absolute Gasteiger partial charge is 0.311 e. The van der Waals surface area contributed by atoms with Crippen molar-refractivity contribution in [1.29, 1.82) is 0 Å². The van der Waals surface area contributed by atoms with Crippen molar-refractivity contribution in [2.24, 2.45) is 11.3 Å². The van der Waals surface area contributed by atoms with Gasteiger partial charge >= 0.3 is 0 Å². The Balaban J connectivity index is 2.56. The number of alkyl halides is 2. The Labute approximate surface area is 78.9 Å². The molecule has 13 heavy (non-hydrogen) atoms. The Morgan fingerprint density at radius 1 is 1.38 bits per heavy atom. The summed E-state index contributed by atoms with van der Waals surface area (Å²) in [6, 6.07) is 0. The van der Waals surface area contributed by atoms with Crippen LogP contribution >= 0.6 is 0 Å². The summed E-state index contributed by atoms with van der Waals surface area (Å²) in [5, 5.41) is 2.74. The second-order valence-electron chi connectivity index (χ2n) is 5.19. The van der Waals surface area contributed by atoms with E-state index in [1.54, 1.807) is 0 Å². The third-order valence-corrected chi connectivity index (χ3v) is 2.49. The maximum absolute atomic E-state index is 13.3. The van der Waals surface area contributed by atoms with Crippen LogP contribution in [0, 0.1) is 11.3 Å². The van der Waals surface area contributed by atoms with E-state index in [2.05, 4.69) is 5.32 Å². The van der Waals surface area contributed by atoms with Gasteiger partial charge in [0.05, 0.1) is 6.54 Å². The fourth-order valence-electron chi connectivity index (χ4n) is 1.88. The number of hydrogen-bond donors (Lipinski definition) is 1. The first kappa shape index (κ1) is 10.9. The fourth-order valence-corrected chi connectivity index (χ4v) is 1.88. The third kappa shape index (κ3) is 3.22. The molecule has 0 radical (unpaired) electrons. The number of nitrogens with one attached hydrogen (secondary N) is 1. The molecule has 1 heterocycles. The van der Waals surface area contributed by atoms with E-state index in [1.807, 2.05) is 20.8 Å². The van der Waals surface area contributed by atoms with Crippen LogP contribution in [0.4, 0.5) is 8.78 Å². The minimum absolute atomic E-state index is 0.00539. The summed E-state index contributed by atoms with van der Waals surface area (Å²) >= 11 is 0. The number of rotatable bonds is 1. The van der Waals surface area contributed by atoms with Crippen molar-refractivity contribution in [2.75, 3.05) is 13.1 Å². The molecule has 0 spiro atoms. The lowest BCUT2D eigenvalue weighted by Gasteiger charge is -2.35. The van der Waals surface area contributed by atoms with Gasteiger partial charge in [0.1, 0.15) is 0 Å². The van der Waals surface area contributed by atoms with E-state index in [4.69, 9.17) is 0 Å². The summed E-state index contributed by atoms with van der Waals surface area (Å²) in [4.78, 5) is 0. The maximum atomic E-state index is 13.3. The highest BCUT2D eigenvalue weighted by atomic mass is 19.3. The van der Waals surface area contributed by atoms with Crippen molar-refractivity contribution in [3.8, 4) is 0 Å². The highest BCUT2D eigenvalue weighted by Crippen LogP contribution is 2.37. The van der Waals surface area contributed by atoms with Crippen molar-refractivity contribution in [3.05, 3.63) is 0 Å². The topological polar surface area (TPSA) is 12.0 Å². The number of hydrogen-bond acceptors (Lipinski definition) is 1. The first-order valence-electron chi connectivity index (χ1n) is 4.90. The molecule has 0 aliphatic carbocycles. The summed E-state index contributed by atoms with van der Waals surface area (Å²) in [6.07, 6.45) is 1.21. The molecule has 1 aliphatic rings. The van der Waals surface area contributed by atoms with Gasteiger partial charge in [-0.1, -0.05) is 20.8 Å². The van der Waals surface area contributed by atoms with Gasteiger partial charge in [0.25, 0.3) is 5.92 Å². The molecule has 0 amide bonds. The second kappa shape index (κ2) is 3.52. The quantitative estimate of drug-likeness (QED) is 0.672. The van der Waals surface area contributed by atoms with Gasteiger partial charge in [0, 0.05) is 5.92 Å². The molecule has 0 aromatic rings. The molecule has 0 bridgehead atoms. The molecule has 78 valence electrons. The van der Waals surface area contributed by atoms with Crippen molar-refractivity contribution in [1.82, 2.24) is 5.32 Å². The predicted molar refractivity (Wildman–Crippen MR) is 50.0 cm³/mol. The lowest BCUT2D eigenvalue weighted by Crippen LogP contribution is -2.47. The van der Waals surface area contributed by atoms with Gasteiger partial charge in [-0.25, -0.2) is 8.78 Å². The Hall–Kier alpha value is -0.180. The van der Waals surface area contributed by atoms with Gasteiger partial charge in [-0.15, -0.1) is 0 Å². The summed E-state index contributed by atoms with van der Waals surface area (Å²) in [5.74, 6) is -2.94. The fraction of sp³-hybridized carbons (Fsp3) is 1.00. The SMILES string of the molecule is CC(C)(C)CC1CCNCC1(F)F. The molecule has 1 fully saturated rings. The zero-order valence-electron chi connectivity index (χ0n) is 8.66. The molecule has 3 heteroatoms. The van der Waals surface area contributed by atoms with Gasteiger partial charge in [0.15, 0.2) is 0 Å². The van der Waals surface area contributed by atoms with Crippen LogP contribution in [0.5, 0.6) is 0 Å². The average molecular weight is 191 g/mol. The van der Waals surface area contributed by atoms with Crippen LogP contribution in [0.3, 0.4) is 0 Å². The van der Waals surface area contributed by atoms with E-state index in [1.165, 1.54) is 0 Å². The molecule has 1 N–H and O–H groups in total. The Morgan fingerprint density at radius 3 is 2.46 bits per heavy atom. The smallest absolute Gasteiger partial charge is 0.263 e. The van der Waals surface area contributed by atoms with Gasteiger partial charge < -0.3 is 5.32 Å². The first-order chi connectivity index (χ1) is 5.81. The van der Waals surface area contributed by atoms with Crippen LogP contribution < -0.4 is 5.32 Å². The molecule has 1 rings (SSSR count). The molecule has 0 saturated carbocycles. The van der Waals surface area contributed by atoms with E-state index in [0.717, 1.165) is 6.54 Å².